The van der Waals surface area contributed by atoms with Gasteiger partial charge >= 0.3 is 0 Å². The minimum atomic E-state index is 0.182. The first-order chi connectivity index (χ1) is 7.16. The van der Waals surface area contributed by atoms with Gasteiger partial charge in [0.05, 0.1) is 6.04 Å². The van der Waals surface area contributed by atoms with E-state index in [9.17, 15) is 0 Å². The zero-order chi connectivity index (χ0) is 11.3. The molecule has 1 aromatic heterocycles. The lowest BCUT2D eigenvalue weighted by molar-refractivity contribution is 0.216. The Kier molecular flexibility index (Phi) is 5.29. The number of unbranched alkanes of at least 4 members (excludes halogenated alkanes) is 1. The van der Waals surface area contributed by atoms with Gasteiger partial charge in [0.15, 0.2) is 0 Å². The number of likely N-dealkylation sites (N-methyl/N-ethyl adjacent to an activating group) is 1. The highest BCUT2D eigenvalue weighted by molar-refractivity contribution is 7.07. The maximum Gasteiger partial charge on any atom is 0.0501 e. The predicted octanol–water partition coefficient (Wildman–Crippen LogP) is 2.87. The van der Waals surface area contributed by atoms with Crippen molar-refractivity contribution in [3.63, 3.8) is 0 Å². The largest absolute Gasteiger partial charge is 0.326 e. The van der Waals surface area contributed by atoms with Gasteiger partial charge < -0.3 is 5.73 Å². The van der Waals surface area contributed by atoms with Crippen LogP contribution in [0.4, 0.5) is 0 Å². The summed E-state index contributed by atoms with van der Waals surface area (Å²) in [4.78, 5) is 2.37. The second kappa shape index (κ2) is 6.26. The Morgan fingerprint density at radius 3 is 2.73 bits per heavy atom. The summed E-state index contributed by atoms with van der Waals surface area (Å²) in [7, 11) is 2.17. The number of rotatable bonds is 6. The van der Waals surface area contributed by atoms with Crippen molar-refractivity contribution >= 4 is 11.3 Å². The summed E-state index contributed by atoms with van der Waals surface area (Å²) in [5, 5.41) is 4.33. The third kappa shape index (κ3) is 3.59. The molecule has 86 valence electrons. The monoisotopic (exact) mass is 226 g/mol. The number of nitrogens with two attached hydrogens (primary N) is 1. The smallest absolute Gasteiger partial charge is 0.0501 e. The number of hydrogen-bond acceptors (Lipinski definition) is 3. The molecular formula is C12H22N2S. The van der Waals surface area contributed by atoms with Gasteiger partial charge in [0, 0.05) is 6.04 Å². The molecule has 2 N–H and O–H groups in total. The van der Waals surface area contributed by atoms with Gasteiger partial charge in [-0.3, -0.25) is 4.90 Å². The van der Waals surface area contributed by atoms with Gasteiger partial charge in [-0.1, -0.05) is 13.3 Å². The summed E-state index contributed by atoms with van der Waals surface area (Å²) < 4.78 is 0. The minimum absolute atomic E-state index is 0.182. The van der Waals surface area contributed by atoms with Crippen molar-refractivity contribution < 1.29 is 0 Å². The van der Waals surface area contributed by atoms with Crippen molar-refractivity contribution in [2.24, 2.45) is 5.73 Å². The molecule has 0 aliphatic heterocycles. The number of thiophene rings is 1. The van der Waals surface area contributed by atoms with E-state index in [1.807, 2.05) is 0 Å². The van der Waals surface area contributed by atoms with E-state index < -0.39 is 0 Å². The van der Waals surface area contributed by atoms with Crippen LogP contribution in [0.25, 0.3) is 0 Å². The molecule has 0 amide bonds. The Morgan fingerprint density at radius 2 is 2.27 bits per heavy atom. The maximum absolute atomic E-state index is 6.06. The highest BCUT2D eigenvalue weighted by Crippen LogP contribution is 2.24. The van der Waals surface area contributed by atoms with Crippen LogP contribution in [0, 0.1) is 0 Å². The number of hydrogen-bond donors (Lipinski definition) is 1. The first kappa shape index (κ1) is 12.7. The lowest BCUT2D eigenvalue weighted by Crippen LogP contribution is -2.37. The van der Waals surface area contributed by atoms with Gasteiger partial charge in [-0.15, -0.1) is 0 Å². The SMILES string of the molecule is CCCCN(C)C(c1ccsc1)C(C)N. The molecule has 0 aliphatic carbocycles. The van der Waals surface area contributed by atoms with Gasteiger partial charge in [-0.25, -0.2) is 0 Å². The van der Waals surface area contributed by atoms with Gasteiger partial charge in [0.25, 0.3) is 0 Å². The van der Waals surface area contributed by atoms with Crippen LogP contribution in [-0.4, -0.2) is 24.5 Å². The van der Waals surface area contributed by atoms with E-state index in [0.29, 0.717) is 6.04 Å². The molecule has 0 saturated heterocycles. The zero-order valence-corrected chi connectivity index (χ0v) is 10.8. The molecule has 1 heterocycles. The van der Waals surface area contributed by atoms with Crippen LogP contribution < -0.4 is 5.73 Å². The van der Waals surface area contributed by atoms with Crippen LogP contribution in [0.1, 0.15) is 38.3 Å². The fraction of sp³-hybridized carbons (Fsp3) is 0.667. The summed E-state index contributed by atoms with van der Waals surface area (Å²) >= 11 is 1.74. The first-order valence-electron chi connectivity index (χ1n) is 5.64. The zero-order valence-electron chi connectivity index (χ0n) is 9.94. The van der Waals surface area contributed by atoms with E-state index in [2.05, 4.69) is 42.6 Å². The van der Waals surface area contributed by atoms with Gasteiger partial charge in [0.1, 0.15) is 0 Å². The molecular weight excluding hydrogens is 204 g/mol. The molecule has 0 radical (unpaired) electrons. The van der Waals surface area contributed by atoms with E-state index in [1.165, 1.54) is 18.4 Å². The van der Waals surface area contributed by atoms with Crippen molar-refractivity contribution in [2.75, 3.05) is 13.6 Å². The van der Waals surface area contributed by atoms with Crippen molar-refractivity contribution in [1.82, 2.24) is 4.90 Å². The Hall–Kier alpha value is -0.380. The fourth-order valence-corrected chi connectivity index (χ4v) is 2.64. The molecule has 1 aromatic rings. The highest BCUT2D eigenvalue weighted by atomic mass is 32.1. The van der Waals surface area contributed by atoms with Crippen LogP contribution in [-0.2, 0) is 0 Å². The normalized spacial score (nSPS) is 15.5. The molecule has 0 bridgehead atoms. The van der Waals surface area contributed by atoms with Crippen LogP contribution in [0.3, 0.4) is 0 Å². The lowest BCUT2D eigenvalue weighted by Gasteiger charge is -2.30. The Labute approximate surface area is 97.1 Å². The average molecular weight is 226 g/mol. The second-order valence-corrected chi connectivity index (χ2v) is 4.97. The summed E-state index contributed by atoms with van der Waals surface area (Å²) in [6.45, 7) is 5.43. The molecule has 0 fully saturated rings. The molecule has 2 atom stereocenters. The molecule has 15 heavy (non-hydrogen) atoms. The van der Waals surface area contributed by atoms with E-state index in [0.717, 1.165) is 6.54 Å². The van der Waals surface area contributed by atoms with Gasteiger partial charge in [-0.2, -0.15) is 11.3 Å². The minimum Gasteiger partial charge on any atom is -0.326 e. The van der Waals surface area contributed by atoms with Crippen molar-refractivity contribution in [1.29, 1.82) is 0 Å². The summed E-state index contributed by atoms with van der Waals surface area (Å²) in [5.41, 5.74) is 7.42. The van der Waals surface area contributed by atoms with Gasteiger partial charge in [-0.05, 0) is 49.3 Å². The van der Waals surface area contributed by atoms with Gasteiger partial charge in [0.2, 0.25) is 0 Å². The van der Waals surface area contributed by atoms with E-state index in [1.54, 1.807) is 11.3 Å². The third-order valence-electron chi connectivity index (χ3n) is 2.72. The van der Waals surface area contributed by atoms with E-state index >= 15 is 0 Å². The van der Waals surface area contributed by atoms with Crippen molar-refractivity contribution in [3.8, 4) is 0 Å². The molecule has 0 aromatic carbocycles. The van der Waals surface area contributed by atoms with E-state index in [-0.39, 0.29) is 6.04 Å². The second-order valence-electron chi connectivity index (χ2n) is 4.19. The van der Waals surface area contributed by atoms with Crippen LogP contribution in [0.5, 0.6) is 0 Å². The summed E-state index contributed by atoms with van der Waals surface area (Å²) in [5.74, 6) is 0. The fourth-order valence-electron chi connectivity index (χ4n) is 1.95. The van der Waals surface area contributed by atoms with Crippen LogP contribution >= 0.6 is 11.3 Å². The maximum atomic E-state index is 6.06. The number of nitrogens with zero attached hydrogens (tertiary/aromatic N) is 1. The molecule has 0 aliphatic rings. The topological polar surface area (TPSA) is 29.3 Å². The Morgan fingerprint density at radius 1 is 1.53 bits per heavy atom. The highest BCUT2D eigenvalue weighted by Gasteiger charge is 2.20. The Bertz CT molecular complexity index is 257. The van der Waals surface area contributed by atoms with Crippen LogP contribution in [0.15, 0.2) is 16.8 Å². The first-order valence-corrected chi connectivity index (χ1v) is 6.59. The summed E-state index contributed by atoms with van der Waals surface area (Å²) in [6, 6.07) is 2.73. The third-order valence-corrected chi connectivity index (χ3v) is 3.42. The molecule has 2 nitrogen and oxygen atoms in total. The molecule has 3 heteroatoms. The molecule has 0 saturated carbocycles. The molecule has 0 spiro atoms. The quantitative estimate of drug-likeness (QED) is 0.808. The predicted molar refractivity (Wildman–Crippen MR) is 68.2 cm³/mol. The molecule has 2 unspecified atom stereocenters. The Balaban J connectivity index is 2.66. The average Bonchev–Trinajstić information content (AvgIpc) is 2.67. The van der Waals surface area contributed by atoms with Crippen molar-refractivity contribution in [2.45, 2.75) is 38.8 Å². The van der Waals surface area contributed by atoms with Crippen molar-refractivity contribution in [3.05, 3.63) is 22.4 Å². The van der Waals surface area contributed by atoms with Crippen LogP contribution in [0.2, 0.25) is 0 Å². The van der Waals surface area contributed by atoms with E-state index in [4.69, 9.17) is 5.73 Å². The lowest BCUT2D eigenvalue weighted by atomic mass is 10.0. The summed E-state index contributed by atoms with van der Waals surface area (Å²) in [6.07, 6.45) is 2.48. The molecule has 1 rings (SSSR count). The standard InChI is InChI=1S/C12H22N2S/c1-4-5-7-14(3)12(10(2)13)11-6-8-15-9-11/h6,8-10,12H,4-5,7,13H2,1-3H3.